The van der Waals surface area contributed by atoms with Crippen molar-refractivity contribution in [3.05, 3.63) is 23.8 Å². The Morgan fingerprint density at radius 3 is 2.44 bits per heavy atom. The van der Waals surface area contributed by atoms with Crippen LogP contribution in [-0.2, 0) is 4.79 Å². The predicted molar refractivity (Wildman–Crippen MR) is 103 cm³/mol. The van der Waals surface area contributed by atoms with Gasteiger partial charge in [-0.3, -0.25) is 4.79 Å². The maximum atomic E-state index is 12.1. The molecule has 2 rings (SSSR count). The summed E-state index contributed by atoms with van der Waals surface area (Å²) in [5.74, 6) is 0.757. The number of benzene rings is 1. The number of anilines is 2. The fraction of sp³-hybridized carbons (Fsp3) is 0.600. The van der Waals surface area contributed by atoms with Crippen molar-refractivity contribution in [1.82, 2.24) is 5.32 Å². The Morgan fingerprint density at radius 1 is 1.08 bits per heavy atom. The molecule has 0 unspecified atom stereocenters. The molecule has 0 radical (unpaired) electrons. The maximum Gasteiger partial charge on any atom is 0.319 e. The zero-order valence-electron chi connectivity index (χ0n) is 15.5. The summed E-state index contributed by atoms with van der Waals surface area (Å²) < 4.78 is 0. The predicted octanol–water partition coefficient (Wildman–Crippen LogP) is 4.83. The molecule has 3 N–H and O–H groups in total. The van der Waals surface area contributed by atoms with Gasteiger partial charge in [0, 0.05) is 24.3 Å². The van der Waals surface area contributed by atoms with Gasteiger partial charge in [0.05, 0.1) is 0 Å². The largest absolute Gasteiger partial charge is 0.338 e. The smallest absolute Gasteiger partial charge is 0.319 e. The molecule has 1 aromatic rings. The molecule has 5 nitrogen and oxygen atoms in total. The summed E-state index contributed by atoms with van der Waals surface area (Å²) in [6.45, 7) is 4.59. The second-order valence-corrected chi connectivity index (χ2v) is 6.95. The summed E-state index contributed by atoms with van der Waals surface area (Å²) in [5, 5.41) is 8.74. The average molecular weight is 345 g/mol. The Kier molecular flexibility index (Phi) is 7.76. The normalized spacial score (nSPS) is 14.8. The van der Waals surface area contributed by atoms with Gasteiger partial charge in [0.25, 0.3) is 0 Å². The Bertz CT molecular complexity index is 580. The number of nitrogens with one attached hydrogen (secondary N) is 3. The van der Waals surface area contributed by atoms with Crippen LogP contribution in [0.25, 0.3) is 0 Å². The second kappa shape index (κ2) is 10.1. The number of carbonyl (C=O) groups excluding carboxylic acids is 2. The van der Waals surface area contributed by atoms with Crippen LogP contribution in [-0.4, -0.2) is 18.5 Å². The van der Waals surface area contributed by atoms with Gasteiger partial charge in [0.1, 0.15) is 0 Å². The molecule has 1 aliphatic rings. The Balaban J connectivity index is 1.82. The van der Waals surface area contributed by atoms with Crippen molar-refractivity contribution in [2.75, 3.05) is 17.2 Å². The highest BCUT2D eigenvalue weighted by Crippen LogP contribution is 2.26. The van der Waals surface area contributed by atoms with Gasteiger partial charge in [-0.25, -0.2) is 4.79 Å². The first-order valence-corrected chi connectivity index (χ1v) is 9.54. The van der Waals surface area contributed by atoms with E-state index < -0.39 is 0 Å². The van der Waals surface area contributed by atoms with E-state index in [2.05, 4.69) is 16.0 Å². The molecule has 25 heavy (non-hydrogen) atoms. The number of hydrogen-bond donors (Lipinski definition) is 3. The lowest BCUT2D eigenvalue weighted by Crippen LogP contribution is -2.31. The lowest BCUT2D eigenvalue weighted by atomic mass is 9.87. The highest BCUT2D eigenvalue weighted by atomic mass is 16.2. The lowest BCUT2D eigenvalue weighted by Gasteiger charge is -2.21. The van der Waals surface area contributed by atoms with Gasteiger partial charge in [-0.2, -0.15) is 0 Å². The first-order chi connectivity index (χ1) is 12.1. The molecule has 0 atom stereocenters. The molecule has 5 heteroatoms. The summed E-state index contributed by atoms with van der Waals surface area (Å²) in [6.07, 6.45) is 8.96. The van der Waals surface area contributed by atoms with Crippen molar-refractivity contribution >= 4 is 23.3 Å². The molecule has 1 aromatic carbocycles. The Morgan fingerprint density at radius 2 is 1.76 bits per heavy atom. The molecule has 1 aliphatic carbocycles. The molecular formula is C20H31N3O2. The number of carbonyl (C=O) groups is 2. The highest BCUT2D eigenvalue weighted by Gasteiger charge is 2.14. The lowest BCUT2D eigenvalue weighted by molar-refractivity contribution is -0.116. The van der Waals surface area contributed by atoms with E-state index in [0.717, 1.165) is 35.7 Å². The molecule has 138 valence electrons. The van der Waals surface area contributed by atoms with Crippen molar-refractivity contribution in [1.29, 1.82) is 0 Å². The van der Waals surface area contributed by atoms with E-state index in [1.165, 1.54) is 32.1 Å². The third-order valence-electron chi connectivity index (χ3n) is 4.90. The van der Waals surface area contributed by atoms with Gasteiger partial charge in [-0.15, -0.1) is 0 Å². The van der Waals surface area contributed by atoms with Crippen molar-refractivity contribution < 1.29 is 9.59 Å². The molecule has 3 amide bonds. The zero-order valence-corrected chi connectivity index (χ0v) is 15.5. The minimum absolute atomic E-state index is 0.000293. The molecule has 0 bridgehead atoms. The summed E-state index contributed by atoms with van der Waals surface area (Å²) in [5.41, 5.74) is 2.34. The molecule has 0 heterocycles. The molecule has 1 fully saturated rings. The van der Waals surface area contributed by atoms with E-state index in [1.807, 2.05) is 32.0 Å². The minimum atomic E-state index is -0.184. The van der Waals surface area contributed by atoms with Gasteiger partial charge in [-0.05, 0) is 43.4 Å². The van der Waals surface area contributed by atoms with Gasteiger partial charge in [0.15, 0.2) is 0 Å². The maximum absolute atomic E-state index is 12.1. The van der Waals surface area contributed by atoms with Crippen LogP contribution in [0.3, 0.4) is 0 Å². The quantitative estimate of drug-likeness (QED) is 0.662. The third kappa shape index (κ3) is 6.40. The monoisotopic (exact) mass is 345 g/mol. The van der Waals surface area contributed by atoms with E-state index in [1.54, 1.807) is 0 Å². The molecule has 0 saturated heterocycles. The fourth-order valence-electron chi connectivity index (χ4n) is 3.38. The van der Waals surface area contributed by atoms with Gasteiger partial charge in [0.2, 0.25) is 5.91 Å². The van der Waals surface area contributed by atoms with Gasteiger partial charge >= 0.3 is 6.03 Å². The van der Waals surface area contributed by atoms with E-state index in [9.17, 15) is 9.59 Å². The van der Waals surface area contributed by atoms with Crippen LogP contribution in [0.1, 0.15) is 63.9 Å². The SMILES string of the molecule is CCCC(=O)Nc1cccc(NC(=O)NCCC2CCCCC2)c1C. The third-order valence-corrected chi connectivity index (χ3v) is 4.90. The first kappa shape index (κ1) is 19.3. The standard InChI is InChI=1S/C20H31N3O2/c1-3-8-19(24)22-17-11-7-12-18(15(17)2)23-20(25)21-14-13-16-9-5-4-6-10-16/h7,11-12,16H,3-6,8-10,13-14H2,1-2H3,(H,22,24)(H2,21,23,25). The first-order valence-electron chi connectivity index (χ1n) is 9.54. The van der Waals surface area contributed by atoms with E-state index in [0.29, 0.717) is 13.0 Å². The molecular weight excluding hydrogens is 314 g/mol. The summed E-state index contributed by atoms with van der Waals surface area (Å²) >= 11 is 0. The van der Waals surface area contributed by atoms with Crippen LogP contribution in [0.4, 0.5) is 16.2 Å². The highest BCUT2D eigenvalue weighted by molar-refractivity contribution is 5.95. The number of amides is 3. The van der Waals surface area contributed by atoms with Crippen molar-refractivity contribution in [3.8, 4) is 0 Å². The average Bonchev–Trinajstić information content (AvgIpc) is 2.59. The molecule has 0 aliphatic heterocycles. The molecule has 0 aromatic heterocycles. The van der Waals surface area contributed by atoms with E-state index in [-0.39, 0.29) is 11.9 Å². The summed E-state index contributed by atoms with van der Waals surface area (Å²) in [7, 11) is 0. The van der Waals surface area contributed by atoms with Crippen LogP contribution < -0.4 is 16.0 Å². The molecule has 1 saturated carbocycles. The van der Waals surface area contributed by atoms with Crippen LogP contribution in [0.15, 0.2) is 18.2 Å². The minimum Gasteiger partial charge on any atom is -0.338 e. The fourth-order valence-corrected chi connectivity index (χ4v) is 3.38. The Hall–Kier alpha value is -2.04. The van der Waals surface area contributed by atoms with Crippen molar-refractivity contribution in [2.24, 2.45) is 5.92 Å². The van der Waals surface area contributed by atoms with Crippen LogP contribution in [0.2, 0.25) is 0 Å². The van der Waals surface area contributed by atoms with Gasteiger partial charge < -0.3 is 16.0 Å². The second-order valence-electron chi connectivity index (χ2n) is 6.95. The number of rotatable bonds is 7. The number of urea groups is 1. The van der Waals surface area contributed by atoms with Crippen molar-refractivity contribution in [2.45, 2.75) is 65.2 Å². The molecule has 0 spiro atoms. The van der Waals surface area contributed by atoms with E-state index >= 15 is 0 Å². The van der Waals surface area contributed by atoms with Gasteiger partial charge in [-0.1, -0.05) is 45.1 Å². The summed E-state index contributed by atoms with van der Waals surface area (Å²) in [4.78, 5) is 23.9. The van der Waals surface area contributed by atoms with Crippen LogP contribution >= 0.6 is 0 Å². The van der Waals surface area contributed by atoms with Crippen LogP contribution in [0.5, 0.6) is 0 Å². The summed E-state index contributed by atoms with van der Waals surface area (Å²) in [6, 6.07) is 5.36. The number of hydrogen-bond acceptors (Lipinski definition) is 2. The zero-order chi connectivity index (χ0) is 18.1. The topological polar surface area (TPSA) is 70.2 Å². The Labute approximate surface area is 151 Å². The van der Waals surface area contributed by atoms with E-state index in [4.69, 9.17) is 0 Å². The van der Waals surface area contributed by atoms with Crippen molar-refractivity contribution in [3.63, 3.8) is 0 Å². The van der Waals surface area contributed by atoms with Crippen LogP contribution in [0, 0.1) is 12.8 Å².